The average Bonchev–Trinajstić information content (AvgIpc) is 2.82. The minimum absolute atomic E-state index is 0.0830. The van der Waals surface area contributed by atoms with Crippen LogP contribution in [0, 0.1) is 0 Å². The third-order valence-electron chi connectivity index (χ3n) is 2.85. The third kappa shape index (κ3) is 4.34. The average molecular weight is 327 g/mol. The number of nitrogens with zero attached hydrogens (tertiary/aromatic N) is 4. The van der Waals surface area contributed by atoms with Gasteiger partial charge in [-0.1, -0.05) is 29.3 Å². The van der Waals surface area contributed by atoms with Gasteiger partial charge in [0.2, 0.25) is 0 Å². The molecule has 0 saturated heterocycles. The van der Waals surface area contributed by atoms with Crippen molar-refractivity contribution in [3.05, 3.63) is 45.7 Å². The van der Waals surface area contributed by atoms with E-state index in [-0.39, 0.29) is 6.04 Å². The number of rotatable bonds is 4. The van der Waals surface area contributed by atoms with Crippen molar-refractivity contribution in [3.8, 4) is 0 Å². The van der Waals surface area contributed by atoms with E-state index >= 15 is 0 Å². The molecule has 0 amide bonds. The Balaban J connectivity index is 1.99. The monoisotopic (exact) mass is 326 g/mol. The Morgan fingerprint density at radius 3 is 2.86 bits per heavy atom. The van der Waals surface area contributed by atoms with Crippen molar-refractivity contribution < 1.29 is 0 Å². The second kappa shape index (κ2) is 6.78. The molecule has 0 bridgehead atoms. The fraction of sp³-hybridized carbons (Fsp3) is 0.308. The highest BCUT2D eigenvalue weighted by Crippen LogP contribution is 2.25. The summed E-state index contributed by atoms with van der Waals surface area (Å²) in [5.41, 5.74) is 7.51. The van der Waals surface area contributed by atoms with Crippen LogP contribution in [0.1, 0.15) is 24.2 Å². The van der Waals surface area contributed by atoms with E-state index in [4.69, 9.17) is 28.9 Å². The van der Waals surface area contributed by atoms with Gasteiger partial charge in [-0.05, 0) is 24.6 Å². The number of aliphatic imine (C=N–C) groups is 1. The molecule has 0 aliphatic carbocycles. The zero-order chi connectivity index (χ0) is 15.4. The molecule has 0 aliphatic rings. The molecule has 0 aliphatic heterocycles. The summed E-state index contributed by atoms with van der Waals surface area (Å²) < 4.78 is 0. The number of aryl methyl sites for hydroxylation is 1. The molecule has 21 heavy (non-hydrogen) atoms. The van der Waals surface area contributed by atoms with E-state index < -0.39 is 0 Å². The summed E-state index contributed by atoms with van der Waals surface area (Å²) in [6.07, 6.45) is 1.65. The van der Waals surface area contributed by atoms with Crippen molar-refractivity contribution in [2.24, 2.45) is 17.8 Å². The highest BCUT2D eigenvalue weighted by Gasteiger charge is 2.10. The number of benzene rings is 1. The lowest BCUT2D eigenvalue weighted by Gasteiger charge is -2.16. The molecule has 2 rings (SSSR count). The summed E-state index contributed by atoms with van der Waals surface area (Å²) in [6.45, 7) is 2.31. The molecule has 0 radical (unpaired) electrons. The number of guanidine groups is 1. The van der Waals surface area contributed by atoms with E-state index in [1.807, 2.05) is 13.0 Å². The van der Waals surface area contributed by atoms with Crippen LogP contribution in [0.5, 0.6) is 0 Å². The van der Waals surface area contributed by atoms with E-state index in [2.05, 4.69) is 20.5 Å². The Hall–Kier alpha value is -1.79. The molecule has 1 aromatic heterocycles. The van der Waals surface area contributed by atoms with Gasteiger partial charge >= 0.3 is 0 Å². The zero-order valence-electron chi connectivity index (χ0n) is 11.7. The Morgan fingerprint density at radius 1 is 1.48 bits per heavy atom. The molecule has 1 atom stereocenters. The quantitative estimate of drug-likeness (QED) is 0.667. The van der Waals surface area contributed by atoms with Crippen molar-refractivity contribution in [1.82, 2.24) is 20.3 Å². The van der Waals surface area contributed by atoms with Gasteiger partial charge in [0, 0.05) is 17.1 Å². The first-order chi connectivity index (χ1) is 9.95. The van der Waals surface area contributed by atoms with Crippen LogP contribution in [-0.4, -0.2) is 21.0 Å². The molecular formula is C13H16Cl2N6. The molecule has 112 valence electrons. The van der Waals surface area contributed by atoms with Crippen LogP contribution in [0.15, 0.2) is 29.4 Å². The topological polar surface area (TPSA) is 81.1 Å². The molecule has 3 N–H and O–H groups in total. The van der Waals surface area contributed by atoms with Gasteiger partial charge in [-0.15, -0.1) is 0 Å². The number of hydrogen-bond acceptors (Lipinski definition) is 3. The largest absolute Gasteiger partial charge is 0.370 e. The number of nitrogens with one attached hydrogen (secondary N) is 1. The molecule has 0 fully saturated rings. The van der Waals surface area contributed by atoms with E-state index in [1.54, 1.807) is 25.4 Å². The minimum atomic E-state index is -0.0830. The van der Waals surface area contributed by atoms with Crippen LogP contribution >= 0.6 is 23.2 Å². The first kappa shape index (κ1) is 15.6. The molecule has 1 heterocycles. The maximum Gasteiger partial charge on any atom is 0.189 e. The Kier molecular flexibility index (Phi) is 5.03. The highest BCUT2D eigenvalue weighted by molar-refractivity contribution is 6.35. The maximum atomic E-state index is 6.16. The maximum absolute atomic E-state index is 6.16. The normalized spacial score (nSPS) is 13.2. The molecule has 1 aromatic carbocycles. The van der Waals surface area contributed by atoms with Crippen molar-refractivity contribution in [3.63, 3.8) is 0 Å². The van der Waals surface area contributed by atoms with Gasteiger partial charge in [-0.2, -0.15) is 15.0 Å². The molecule has 2 aromatic rings. The Morgan fingerprint density at radius 2 is 2.24 bits per heavy atom. The van der Waals surface area contributed by atoms with Crippen LogP contribution in [0.3, 0.4) is 0 Å². The first-order valence-electron chi connectivity index (χ1n) is 6.32. The smallest absolute Gasteiger partial charge is 0.189 e. The van der Waals surface area contributed by atoms with Crippen molar-refractivity contribution in [2.45, 2.75) is 19.5 Å². The SMILES string of the molecule is CC(NC(N)=NCc1cnn(C)n1)c1ccc(Cl)cc1Cl. The number of halogens is 2. The highest BCUT2D eigenvalue weighted by atomic mass is 35.5. The summed E-state index contributed by atoms with van der Waals surface area (Å²) in [7, 11) is 1.75. The predicted octanol–water partition coefficient (Wildman–Crippen LogP) is 2.29. The molecule has 8 heteroatoms. The molecule has 0 spiro atoms. The summed E-state index contributed by atoms with van der Waals surface area (Å²) in [5, 5.41) is 12.4. The summed E-state index contributed by atoms with van der Waals surface area (Å²) in [6, 6.07) is 5.26. The predicted molar refractivity (Wildman–Crippen MR) is 84.3 cm³/mol. The molecule has 6 nitrogen and oxygen atoms in total. The lowest BCUT2D eigenvalue weighted by Crippen LogP contribution is -2.34. The first-order valence-corrected chi connectivity index (χ1v) is 7.08. The van der Waals surface area contributed by atoms with Gasteiger partial charge in [0.25, 0.3) is 0 Å². The van der Waals surface area contributed by atoms with E-state index in [0.717, 1.165) is 11.3 Å². The number of nitrogens with two attached hydrogens (primary N) is 1. The zero-order valence-corrected chi connectivity index (χ0v) is 13.2. The minimum Gasteiger partial charge on any atom is -0.370 e. The number of hydrogen-bond donors (Lipinski definition) is 2. The van der Waals surface area contributed by atoms with Gasteiger partial charge < -0.3 is 11.1 Å². The fourth-order valence-corrected chi connectivity index (χ4v) is 2.40. The van der Waals surface area contributed by atoms with Crippen molar-refractivity contribution in [2.75, 3.05) is 0 Å². The van der Waals surface area contributed by atoms with Crippen LogP contribution < -0.4 is 11.1 Å². The van der Waals surface area contributed by atoms with E-state index in [9.17, 15) is 0 Å². The second-order valence-electron chi connectivity index (χ2n) is 4.56. The number of aromatic nitrogens is 3. The van der Waals surface area contributed by atoms with Gasteiger partial charge in [0.15, 0.2) is 5.96 Å². The van der Waals surface area contributed by atoms with Gasteiger partial charge in [0.1, 0.15) is 5.69 Å². The Bertz CT molecular complexity index is 652. The van der Waals surface area contributed by atoms with Crippen LogP contribution in [0.4, 0.5) is 0 Å². The Labute approximate surface area is 133 Å². The third-order valence-corrected chi connectivity index (χ3v) is 3.41. The van der Waals surface area contributed by atoms with E-state index in [1.165, 1.54) is 4.80 Å². The van der Waals surface area contributed by atoms with Crippen molar-refractivity contribution in [1.29, 1.82) is 0 Å². The fourth-order valence-electron chi connectivity index (χ4n) is 1.82. The standard InChI is InChI=1S/C13H16Cl2N6/c1-8(11-4-3-9(14)5-12(11)15)19-13(16)17-6-10-7-18-21(2)20-10/h3-5,7-8H,6H2,1-2H3,(H3,16,17,19). The summed E-state index contributed by atoms with van der Waals surface area (Å²) >= 11 is 12.0. The van der Waals surface area contributed by atoms with Crippen LogP contribution in [-0.2, 0) is 13.6 Å². The second-order valence-corrected chi connectivity index (χ2v) is 5.40. The lowest BCUT2D eigenvalue weighted by molar-refractivity contribution is 0.644. The van der Waals surface area contributed by atoms with Gasteiger partial charge in [-0.3, -0.25) is 0 Å². The summed E-state index contributed by atoms with van der Waals surface area (Å²) in [4.78, 5) is 5.70. The van der Waals surface area contributed by atoms with E-state index in [0.29, 0.717) is 22.5 Å². The van der Waals surface area contributed by atoms with Crippen LogP contribution in [0.25, 0.3) is 0 Å². The molecule has 0 saturated carbocycles. The van der Waals surface area contributed by atoms with Gasteiger partial charge in [-0.25, -0.2) is 4.99 Å². The van der Waals surface area contributed by atoms with Crippen LogP contribution in [0.2, 0.25) is 10.0 Å². The molecule has 1 unspecified atom stereocenters. The molecular weight excluding hydrogens is 311 g/mol. The van der Waals surface area contributed by atoms with Gasteiger partial charge in [0.05, 0.1) is 18.8 Å². The summed E-state index contributed by atoms with van der Waals surface area (Å²) in [5.74, 6) is 0.319. The lowest BCUT2D eigenvalue weighted by atomic mass is 10.1. The van der Waals surface area contributed by atoms with Crippen molar-refractivity contribution >= 4 is 29.2 Å².